The van der Waals surface area contributed by atoms with Crippen molar-refractivity contribution in [2.24, 2.45) is 0 Å². The molecule has 0 unspecified atom stereocenters. The molecule has 4 rings (SSSR count). The van der Waals surface area contributed by atoms with Gasteiger partial charge in [-0.2, -0.15) is 13.2 Å². The minimum absolute atomic E-state index is 0.609. The van der Waals surface area contributed by atoms with Crippen molar-refractivity contribution in [1.82, 2.24) is 0 Å². The highest BCUT2D eigenvalue weighted by Crippen LogP contribution is 2.35. The molecule has 0 saturated heterocycles. The lowest BCUT2D eigenvalue weighted by atomic mass is 9.96. The Balaban J connectivity index is 2.09. The molecule has 0 aliphatic rings. The van der Waals surface area contributed by atoms with Crippen LogP contribution >= 0.6 is 0 Å². The number of hydrogen-bond donors (Lipinski definition) is 0. The van der Waals surface area contributed by atoms with Gasteiger partial charge in [0.05, 0.1) is 5.56 Å². The Labute approximate surface area is 124 Å². The van der Waals surface area contributed by atoms with E-state index in [0.29, 0.717) is 5.39 Å². The maximum absolute atomic E-state index is 12.8. The zero-order valence-corrected chi connectivity index (χ0v) is 11.5. The largest absolute Gasteiger partial charge is 0.416 e. The second-order valence-corrected chi connectivity index (χ2v) is 5.38. The van der Waals surface area contributed by atoms with Crippen molar-refractivity contribution in [3.8, 4) is 0 Å². The molecule has 0 heterocycles. The molecule has 0 spiro atoms. The number of hydrogen-bond acceptors (Lipinski definition) is 0. The van der Waals surface area contributed by atoms with Gasteiger partial charge >= 0.3 is 6.18 Å². The van der Waals surface area contributed by atoms with Gasteiger partial charge in [0.25, 0.3) is 0 Å². The topological polar surface area (TPSA) is 0 Å². The first-order valence-corrected chi connectivity index (χ1v) is 6.95. The zero-order valence-electron chi connectivity index (χ0n) is 11.5. The van der Waals surface area contributed by atoms with E-state index in [0.717, 1.165) is 33.0 Å². The van der Waals surface area contributed by atoms with Crippen LogP contribution in [0.15, 0.2) is 66.7 Å². The van der Waals surface area contributed by atoms with E-state index in [1.807, 2.05) is 42.5 Å². The van der Waals surface area contributed by atoms with E-state index in [-0.39, 0.29) is 0 Å². The SMILES string of the molecule is FC(F)(F)c1ccc2c(ccc3c4ccccc4ccc23)c1. The van der Waals surface area contributed by atoms with Gasteiger partial charge in [0, 0.05) is 0 Å². The predicted molar refractivity (Wildman–Crippen MR) is 84.0 cm³/mol. The molecule has 22 heavy (non-hydrogen) atoms. The van der Waals surface area contributed by atoms with Crippen LogP contribution < -0.4 is 0 Å². The van der Waals surface area contributed by atoms with E-state index in [4.69, 9.17) is 0 Å². The van der Waals surface area contributed by atoms with Crippen LogP contribution in [-0.4, -0.2) is 0 Å². The molecule has 108 valence electrons. The van der Waals surface area contributed by atoms with Crippen molar-refractivity contribution in [1.29, 1.82) is 0 Å². The van der Waals surface area contributed by atoms with Crippen LogP contribution in [0.1, 0.15) is 5.56 Å². The quantitative estimate of drug-likeness (QED) is 0.341. The van der Waals surface area contributed by atoms with Crippen molar-refractivity contribution in [2.45, 2.75) is 6.18 Å². The van der Waals surface area contributed by atoms with Crippen molar-refractivity contribution in [3.63, 3.8) is 0 Å². The first-order valence-electron chi connectivity index (χ1n) is 6.95. The number of halogens is 3. The molecule has 0 aromatic heterocycles. The van der Waals surface area contributed by atoms with Crippen LogP contribution in [0.2, 0.25) is 0 Å². The maximum atomic E-state index is 12.8. The molecule has 0 N–H and O–H groups in total. The Kier molecular flexibility index (Phi) is 2.67. The molecule has 0 aliphatic heterocycles. The van der Waals surface area contributed by atoms with E-state index >= 15 is 0 Å². The predicted octanol–water partition coefficient (Wildman–Crippen LogP) is 6.17. The monoisotopic (exact) mass is 296 g/mol. The average Bonchev–Trinajstić information content (AvgIpc) is 2.52. The fraction of sp³-hybridized carbons (Fsp3) is 0.0526. The van der Waals surface area contributed by atoms with E-state index < -0.39 is 11.7 Å². The van der Waals surface area contributed by atoms with Crippen LogP contribution in [-0.2, 0) is 6.18 Å². The molecule has 3 heteroatoms. The second-order valence-electron chi connectivity index (χ2n) is 5.38. The normalized spacial score (nSPS) is 12.3. The van der Waals surface area contributed by atoms with Gasteiger partial charge in [-0.15, -0.1) is 0 Å². The molecule has 0 aliphatic carbocycles. The molecule has 0 saturated carbocycles. The number of rotatable bonds is 0. The summed E-state index contributed by atoms with van der Waals surface area (Å²) >= 11 is 0. The van der Waals surface area contributed by atoms with Gasteiger partial charge in [-0.25, -0.2) is 0 Å². The number of alkyl halides is 3. The Morgan fingerprint density at radius 3 is 1.86 bits per heavy atom. The van der Waals surface area contributed by atoms with Gasteiger partial charge in [-0.3, -0.25) is 0 Å². The lowest BCUT2D eigenvalue weighted by Crippen LogP contribution is -2.04. The Hall–Kier alpha value is -2.55. The fourth-order valence-corrected chi connectivity index (χ4v) is 3.01. The fourth-order valence-electron chi connectivity index (χ4n) is 3.01. The summed E-state index contributed by atoms with van der Waals surface area (Å²) in [6, 6.07) is 19.6. The summed E-state index contributed by atoms with van der Waals surface area (Å²) in [5.41, 5.74) is -0.611. The summed E-state index contributed by atoms with van der Waals surface area (Å²) < 4.78 is 38.5. The first-order chi connectivity index (χ1) is 10.5. The molecule has 4 aromatic rings. The van der Waals surface area contributed by atoms with Crippen LogP contribution in [0, 0.1) is 0 Å². The molecule has 0 amide bonds. The van der Waals surface area contributed by atoms with Gasteiger partial charge in [0.1, 0.15) is 0 Å². The summed E-state index contributed by atoms with van der Waals surface area (Å²) in [7, 11) is 0. The minimum atomic E-state index is -4.31. The lowest BCUT2D eigenvalue weighted by molar-refractivity contribution is -0.137. The highest BCUT2D eigenvalue weighted by molar-refractivity contribution is 6.17. The van der Waals surface area contributed by atoms with Gasteiger partial charge in [-0.05, 0) is 44.5 Å². The van der Waals surface area contributed by atoms with Crippen molar-refractivity contribution in [2.75, 3.05) is 0 Å². The number of benzene rings is 4. The van der Waals surface area contributed by atoms with Gasteiger partial charge in [-0.1, -0.05) is 54.6 Å². The smallest absolute Gasteiger partial charge is 0.166 e. The molecular formula is C19H11F3. The van der Waals surface area contributed by atoms with E-state index in [9.17, 15) is 13.2 Å². The van der Waals surface area contributed by atoms with Crippen molar-refractivity contribution >= 4 is 32.3 Å². The Bertz CT molecular complexity index is 1010. The molecule has 0 nitrogen and oxygen atoms in total. The summed E-state index contributed by atoms with van der Waals surface area (Å²) in [5.74, 6) is 0. The van der Waals surface area contributed by atoms with Crippen molar-refractivity contribution < 1.29 is 13.2 Å². The molecule has 4 aromatic carbocycles. The van der Waals surface area contributed by atoms with Crippen LogP contribution in [0.4, 0.5) is 13.2 Å². The molecule has 0 bridgehead atoms. The first kappa shape index (κ1) is 13.1. The Morgan fingerprint density at radius 1 is 0.545 bits per heavy atom. The van der Waals surface area contributed by atoms with E-state index in [1.165, 1.54) is 6.07 Å². The highest BCUT2D eigenvalue weighted by atomic mass is 19.4. The highest BCUT2D eigenvalue weighted by Gasteiger charge is 2.30. The Morgan fingerprint density at radius 2 is 1.14 bits per heavy atom. The summed E-state index contributed by atoms with van der Waals surface area (Å²) in [6.07, 6.45) is -4.31. The number of fused-ring (bicyclic) bond motifs is 5. The minimum Gasteiger partial charge on any atom is -0.166 e. The van der Waals surface area contributed by atoms with E-state index in [2.05, 4.69) is 0 Å². The standard InChI is InChI=1S/C19H11F3/c20-19(21,22)14-7-10-16-13(11-14)6-9-17-15-4-2-1-3-12(15)5-8-18(16)17/h1-11H. The molecule has 0 atom stereocenters. The van der Waals surface area contributed by atoms with Gasteiger partial charge in [0.2, 0.25) is 0 Å². The van der Waals surface area contributed by atoms with Gasteiger partial charge < -0.3 is 0 Å². The molecule has 0 fully saturated rings. The van der Waals surface area contributed by atoms with Gasteiger partial charge in [0.15, 0.2) is 0 Å². The third kappa shape index (κ3) is 1.93. The van der Waals surface area contributed by atoms with Crippen molar-refractivity contribution in [3.05, 3.63) is 72.3 Å². The summed E-state index contributed by atoms with van der Waals surface area (Å²) in [4.78, 5) is 0. The zero-order chi connectivity index (χ0) is 15.3. The molecular weight excluding hydrogens is 285 g/mol. The maximum Gasteiger partial charge on any atom is 0.416 e. The lowest BCUT2D eigenvalue weighted by Gasteiger charge is -2.10. The summed E-state index contributed by atoms with van der Waals surface area (Å²) in [5, 5.41) is 5.73. The van der Waals surface area contributed by atoms with E-state index in [1.54, 1.807) is 12.1 Å². The summed E-state index contributed by atoms with van der Waals surface area (Å²) in [6.45, 7) is 0. The van der Waals surface area contributed by atoms with Crippen LogP contribution in [0.25, 0.3) is 32.3 Å². The van der Waals surface area contributed by atoms with Crippen LogP contribution in [0.3, 0.4) is 0 Å². The second kappa shape index (κ2) is 4.47. The average molecular weight is 296 g/mol. The molecule has 0 radical (unpaired) electrons. The third-order valence-corrected chi connectivity index (χ3v) is 4.07. The van der Waals surface area contributed by atoms with Crippen LogP contribution in [0.5, 0.6) is 0 Å². The third-order valence-electron chi connectivity index (χ3n) is 4.07.